The summed E-state index contributed by atoms with van der Waals surface area (Å²) in [7, 11) is 1.93. The van der Waals surface area contributed by atoms with Crippen molar-refractivity contribution < 1.29 is 0 Å². The summed E-state index contributed by atoms with van der Waals surface area (Å²) in [6.45, 7) is 9.29. The lowest BCUT2D eigenvalue weighted by Gasteiger charge is -2.07. The smallest absolute Gasteiger partial charge is 0.159 e. The molecule has 0 aliphatic carbocycles. The summed E-state index contributed by atoms with van der Waals surface area (Å²) in [5.74, 6) is 1.46. The summed E-state index contributed by atoms with van der Waals surface area (Å²) in [5.41, 5.74) is 5.16. The van der Waals surface area contributed by atoms with Crippen molar-refractivity contribution in [1.82, 2.24) is 19.7 Å². The molecule has 0 fully saturated rings. The first kappa shape index (κ1) is 15.5. The van der Waals surface area contributed by atoms with Crippen molar-refractivity contribution in [2.24, 2.45) is 13.0 Å². The van der Waals surface area contributed by atoms with Crippen LogP contribution in [-0.4, -0.2) is 26.3 Å². The zero-order valence-corrected chi connectivity index (χ0v) is 14.4. The Morgan fingerprint density at radius 2 is 1.78 bits per heavy atom. The molecule has 0 aliphatic heterocycles. The van der Waals surface area contributed by atoms with Gasteiger partial charge in [0.05, 0.1) is 5.39 Å². The maximum Gasteiger partial charge on any atom is 0.159 e. The lowest BCUT2D eigenvalue weighted by Crippen LogP contribution is -2.08. The molecule has 5 heteroatoms. The van der Waals surface area contributed by atoms with Gasteiger partial charge in [-0.05, 0) is 43.5 Å². The molecule has 0 bridgehead atoms. The quantitative estimate of drug-likeness (QED) is 0.798. The summed E-state index contributed by atoms with van der Waals surface area (Å²) >= 11 is 0. The molecule has 0 aliphatic rings. The SMILES string of the molecule is Cc1cc(-c2cnc3c(c2)c(NCC(C)C)nn3C)cc(C)n1. The Hall–Kier alpha value is -2.43. The van der Waals surface area contributed by atoms with Crippen LogP contribution in [0.15, 0.2) is 24.4 Å². The maximum atomic E-state index is 4.60. The van der Waals surface area contributed by atoms with E-state index in [1.807, 2.05) is 31.8 Å². The van der Waals surface area contributed by atoms with Crippen LogP contribution in [0.2, 0.25) is 0 Å². The molecule has 5 nitrogen and oxygen atoms in total. The largest absolute Gasteiger partial charge is 0.368 e. The van der Waals surface area contributed by atoms with Crippen LogP contribution in [0.3, 0.4) is 0 Å². The topological polar surface area (TPSA) is 55.6 Å². The van der Waals surface area contributed by atoms with Gasteiger partial charge in [-0.15, -0.1) is 0 Å². The predicted molar refractivity (Wildman–Crippen MR) is 94.5 cm³/mol. The minimum Gasteiger partial charge on any atom is -0.368 e. The number of nitrogens with zero attached hydrogens (tertiary/aromatic N) is 4. The van der Waals surface area contributed by atoms with E-state index in [0.717, 1.165) is 45.9 Å². The molecule has 0 spiro atoms. The molecule has 0 radical (unpaired) electrons. The number of pyridine rings is 2. The molecule has 0 amide bonds. The highest BCUT2D eigenvalue weighted by Gasteiger charge is 2.12. The minimum atomic E-state index is 0.564. The normalized spacial score (nSPS) is 11.4. The number of aryl methyl sites for hydroxylation is 3. The predicted octanol–water partition coefficient (Wildman–Crippen LogP) is 3.72. The maximum absolute atomic E-state index is 4.60. The number of rotatable bonds is 4. The van der Waals surface area contributed by atoms with Crippen LogP contribution in [-0.2, 0) is 7.05 Å². The third-order valence-electron chi connectivity index (χ3n) is 3.77. The van der Waals surface area contributed by atoms with E-state index in [0.29, 0.717) is 5.92 Å². The Balaban J connectivity index is 2.08. The molecule has 0 saturated heterocycles. The number of fused-ring (bicyclic) bond motifs is 1. The van der Waals surface area contributed by atoms with Gasteiger partial charge < -0.3 is 5.32 Å². The number of nitrogens with one attached hydrogen (secondary N) is 1. The van der Waals surface area contributed by atoms with Crippen LogP contribution < -0.4 is 5.32 Å². The molecular weight excluding hydrogens is 286 g/mol. The van der Waals surface area contributed by atoms with Crippen molar-refractivity contribution in [3.63, 3.8) is 0 Å². The molecule has 1 N–H and O–H groups in total. The van der Waals surface area contributed by atoms with E-state index in [2.05, 4.69) is 52.4 Å². The van der Waals surface area contributed by atoms with Gasteiger partial charge in [-0.1, -0.05) is 13.8 Å². The molecule has 0 saturated carbocycles. The van der Waals surface area contributed by atoms with Gasteiger partial charge >= 0.3 is 0 Å². The Morgan fingerprint density at radius 3 is 2.43 bits per heavy atom. The summed E-state index contributed by atoms with van der Waals surface area (Å²) < 4.78 is 1.82. The monoisotopic (exact) mass is 309 g/mol. The molecule has 0 aromatic carbocycles. The second-order valence-electron chi connectivity index (χ2n) is 6.48. The number of hydrogen-bond acceptors (Lipinski definition) is 4. The highest BCUT2D eigenvalue weighted by atomic mass is 15.3. The molecule has 3 aromatic heterocycles. The number of aromatic nitrogens is 4. The lowest BCUT2D eigenvalue weighted by atomic mass is 10.1. The first-order chi connectivity index (χ1) is 10.9. The van der Waals surface area contributed by atoms with Crippen molar-refractivity contribution in [2.45, 2.75) is 27.7 Å². The molecule has 120 valence electrons. The van der Waals surface area contributed by atoms with Crippen molar-refractivity contribution in [3.05, 3.63) is 35.8 Å². The van der Waals surface area contributed by atoms with Crippen molar-refractivity contribution >= 4 is 16.9 Å². The molecule has 0 atom stereocenters. The molecule has 23 heavy (non-hydrogen) atoms. The van der Waals surface area contributed by atoms with Crippen LogP contribution in [0.1, 0.15) is 25.2 Å². The van der Waals surface area contributed by atoms with Gasteiger partial charge in [0, 0.05) is 36.7 Å². The van der Waals surface area contributed by atoms with E-state index >= 15 is 0 Å². The van der Waals surface area contributed by atoms with Crippen LogP contribution in [0.25, 0.3) is 22.2 Å². The van der Waals surface area contributed by atoms with Crippen LogP contribution in [0.5, 0.6) is 0 Å². The molecule has 0 unspecified atom stereocenters. The molecule has 3 heterocycles. The fourth-order valence-corrected chi connectivity index (χ4v) is 2.73. The Labute approximate surface area is 136 Å². The Bertz CT molecular complexity index is 828. The summed E-state index contributed by atoms with van der Waals surface area (Å²) in [6.07, 6.45) is 1.91. The molecule has 3 rings (SSSR count). The van der Waals surface area contributed by atoms with Gasteiger partial charge in [-0.3, -0.25) is 4.98 Å². The third kappa shape index (κ3) is 3.18. The van der Waals surface area contributed by atoms with E-state index in [9.17, 15) is 0 Å². The van der Waals surface area contributed by atoms with E-state index in [1.165, 1.54) is 0 Å². The van der Waals surface area contributed by atoms with Gasteiger partial charge in [0.15, 0.2) is 11.5 Å². The van der Waals surface area contributed by atoms with Crippen molar-refractivity contribution in [2.75, 3.05) is 11.9 Å². The van der Waals surface area contributed by atoms with Gasteiger partial charge in [-0.2, -0.15) is 5.10 Å². The third-order valence-corrected chi connectivity index (χ3v) is 3.77. The summed E-state index contributed by atoms with van der Waals surface area (Å²) in [5, 5.41) is 9.04. The minimum absolute atomic E-state index is 0.564. The van der Waals surface area contributed by atoms with Crippen molar-refractivity contribution in [1.29, 1.82) is 0 Å². The number of anilines is 1. The lowest BCUT2D eigenvalue weighted by molar-refractivity contribution is 0.683. The van der Waals surface area contributed by atoms with Crippen LogP contribution in [0.4, 0.5) is 5.82 Å². The standard InChI is InChI=1S/C18H23N5/c1-11(2)9-19-17-16-8-15(10-20-18(16)23(5)22-17)14-6-12(3)21-13(4)7-14/h6-8,10-11H,9H2,1-5H3,(H,19,22). The van der Waals surface area contributed by atoms with Gasteiger partial charge in [-0.25, -0.2) is 9.67 Å². The molecular formula is C18H23N5. The highest BCUT2D eigenvalue weighted by molar-refractivity contribution is 5.90. The van der Waals surface area contributed by atoms with Crippen molar-refractivity contribution in [3.8, 4) is 11.1 Å². The van der Waals surface area contributed by atoms with E-state index in [-0.39, 0.29) is 0 Å². The molecule has 3 aromatic rings. The zero-order chi connectivity index (χ0) is 16.6. The summed E-state index contributed by atoms with van der Waals surface area (Å²) in [6, 6.07) is 6.34. The van der Waals surface area contributed by atoms with E-state index in [1.54, 1.807) is 0 Å². The van der Waals surface area contributed by atoms with E-state index in [4.69, 9.17) is 0 Å². The average molecular weight is 309 g/mol. The second-order valence-corrected chi connectivity index (χ2v) is 6.48. The first-order valence-electron chi connectivity index (χ1n) is 7.96. The van der Waals surface area contributed by atoms with Gasteiger partial charge in [0.25, 0.3) is 0 Å². The van der Waals surface area contributed by atoms with E-state index < -0.39 is 0 Å². The fourth-order valence-electron chi connectivity index (χ4n) is 2.73. The Kier molecular flexibility index (Phi) is 4.03. The first-order valence-corrected chi connectivity index (χ1v) is 7.96. The highest BCUT2D eigenvalue weighted by Crippen LogP contribution is 2.27. The second kappa shape index (κ2) is 5.99. The van der Waals surface area contributed by atoms with Gasteiger partial charge in [0.1, 0.15) is 0 Å². The fraction of sp³-hybridized carbons (Fsp3) is 0.389. The zero-order valence-electron chi connectivity index (χ0n) is 14.4. The Morgan fingerprint density at radius 1 is 1.09 bits per heavy atom. The average Bonchev–Trinajstić information content (AvgIpc) is 2.80. The van der Waals surface area contributed by atoms with Crippen LogP contribution >= 0.6 is 0 Å². The van der Waals surface area contributed by atoms with Crippen LogP contribution in [0, 0.1) is 19.8 Å². The van der Waals surface area contributed by atoms with Gasteiger partial charge in [0.2, 0.25) is 0 Å². The summed E-state index contributed by atoms with van der Waals surface area (Å²) in [4.78, 5) is 9.05. The number of hydrogen-bond donors (Lipinski definition) is 1.